The number of nitrogens with zero attached hydrogens (tertiary/aromatic N) is 2. The van der Waals surface area contributed by atoms with Gasteiger partial charge in [-0.05, 0) is 38.4 Å². The van der Waals surface area contributed by atoms with Crippen LogP contribution in [0.15, 0.2) is 5.16 Å². The van der Waals surface area contributed by atoms with Crippen molar-refractivity contribution in [3.05, 3.63) is 0 Å². The zero-order chi connectivity index (χ0) is 12.5. The van der Waals surface area contributed by atoms with Crippen LogP contribution in [-0.4, -0.2) is 44.9 Å². The van der Waals surface area contributed by atoms with Crippen LogP contribution >= 0.6 is 11.8 Å². The summed E-state index contributed by atoms with van der Waals surface area (Å²) < 4.78 is -0.307. The number of nitrogens with two attached hydrogens (primary N) is 1. The van der Waals surface area contributed by atoms with Crippen LogP contribution in [0.1, 0.15) is 32.6 Å². The first-order valence-electron chi connectivity index (χ1n) is 6.01. The van der Waals surface area contributed by atoms with Gasteiger partial charge in [0.25, 0.3) is 0 Å². The lowest BCUT2D eigenvalue weighted by Crippen LogP contribution is -2.50. The molecule has 0 radical (unpaired) electrons. The van der Waals surface area contributed by atoms with Crippen molar-refractivity contribution in [3.63, 3.8) is 0 Å². The molecule has 0 aromatic carbocycles. The largest absolute Gasteiger partial charge is 0.409 e. The molecule has 2 atom stereocenters. The van der Waals surface area contributed by atoms with Gasteiger partial charge in [0.15, 0.2) is 5.84 Å². The van der Waals surface area contributed by atoms with Crippen molar-refractivity contribution < 1.29 is 10.0 Å². The molecule has 3 N–H and O–H groups in total. The quantitative estimate of drug-likeness (QED) is 0.335. The topological polar surface area (TPSA) is 78.9 Å². The highest BCUT2D eigenvalue weighted by Crippen LogP contribution is 2.40. The molecule has 1 amide bonds. The van der Waals surface area contributed by atoms with E-state index < -0.39 is 0 Å². The Morgan fingerprint density at radius 2 is 2.35 bits per heavy atom. The summed E-state index contributed by atoms with van der Waals surface area (Å²) in [5, 5.41) is 11.8. The van der Waals surface area contributed by atoms with Crippen molar-refractivity contribution in [1.82, 2.24) is 4.90 Å². The third-order valence-electron chi connectivity index (χ3n) is 3.64. The fourth-order valence-corrected chi connectivity index (χ4v) is 3.90. The molecule has 2 saturated heterocycles. The minimum Gasteiger partial charge on any atom is -0.409 e. The molecule has 0 aromatic heterocycles. The number of hydrogen-bond donors (Lipinski definition) is 2. The number of hydrogen-bond acceptors (Lipinski definition) is 4. The lowest BCUT2D eigenvalue weighted by molar-refractivity contribution is -0.133. The number of amides is 1. The molecular weight excluding hydrogens is 238 g/mol. The SMILES string of the molecule is CC1(C(=O)N2CCCC2C(N)=NO)CCCS1. The number of carbonyl (C=O) groups excluding carboxylic acids is 1. The van der Waals surface area contributed by atoms with Crippen LogP contribution in [0.4, 0.5) is 0 Å². The van der Waals surface area contributed by atoms with Crippen molar-refractivity contribution in [2.75, 3.05) is 12.3 Å². The van der Waals surface area contributed by atoms with Gasteiger partial charge in [0, 0.05) is 6.54 Å². The normalized spacial score (nSPS) is 34.3. The van der Waals surface area contributed by atoms with E-state index in [1.54, 1.807) is 16.7 Å². The third kappa shape index (κ3) is 2.22. The number of thioether (sulfide) groups is 1. The van der Waals surface area contributed by atoms with E-state index in [4.69, 9.17) is 10.9 Å². The monoisotopic (exact) mass is 257 g/mol. The highest BCUT2D eigenvalue weighted by Gasteiger charge is 2.44. The van der Waals surface area contributed by atoms with Gasteiger partial charge < -0.3 is 15.8 Å². The predicted molar refractivity (Wildman–Crippen MR) is 68.2 cm³/mol. The second-order valence-corrected chi connectivity index (χ2v) is 6.46. The molecule has 6 heteroatoms. The van der Waals surface area contributed by atoms with Gasteiger partial charge in [0.05, 0.1) is 10.8 Å². The van der Waals surface area contributed by atoms with E-state index in [9.17, 15) is 4.79 Å². The predicted octanol–water partition coefficient (Wildman–Crippen LogP) is 1.01. The van der Waals surface area contributed by atoms with Gasteiger partial charge >= 0.3 is 0 Å². The summed E-state index contributed by atoms with van der Waals surface area (Å²) in [4.78, 5) is 14.3. The molecule has 2 aliphatic heterocycles. The summed E-state index contributed by atoms with van der Waals surface area (Å²) in [6, 6.07) is -0.217. The second kappa shape index (κ2) is 4.76. The van der Waals surface area contributed by atoms with Crippen LogP contribution in [-0.2, 0) is 4.79 Å². The number of likely N-dealkylation sites (tertiary alicyclic amines) is 1. The van der Waals surface area contributed by atoms with Gasteiger partial charge in [-0.2, -0.15) is 0 Å². The Bertz CT molecular complexity index is 340. The standard InChI is InChI=1S/C11H19N3O2S/c1-11(5-3-7-17-11)10(15)14-6-2-4-8(14)9(12)13-16/h8,16H,2-7H2,1H3,(H2,12,13). The molecule has 0 aliphatic carbocycles. The van der Waals surface area contributed by atoms with E-state index in [2.05, 4.69) is 5.16 Å². The maximum absolute atomic E-state index is 12.5. The van der Waals surface area contributed by atoms with E-state index in [-0.39, 0.29) is 22.5 Å². The van der Waals surface area contributed by atoms with Crippen molar-refractivity contribution in [2.45, 2.75) is 43.4 Å². The highest BCUT2D eigenvalue weighted by atomic mass is 32.2. The van der Waals surface area contributed by atoms with Gasteiger partial charge in [0.1, 0.15) is 0 Å². The van der Waals surface area contributed by atoms with Crippen LogP contribution in [0.3, 0.4) is 0 Å². The summed E-state index contributed by atoms with van der Waals surface area (Å²) in [5.41, 5.74) is 5.65. The maximum atomic E-state index is 12.5. The van der Waals surface area contributed by atoms with E-state index in [1.165, 1.54) is 0 Å². The molecule has 2 aliphatic rings. The van der Waals surface area contributed by atoms with Gasteiger partial charge in [-0.15, -0.1) is 11.8 Å². The van der Waals surface area contributed by atoms with Gasteiger partial charge in [-0.1, -0.05) is 5.16 Å². The van der Waals surface area contributed by atoms with Crippen LogP contribution in [0.2, 0.25) is 0 Å². The Kier molecular flexibility index (Phi) is 3.51. The smallest absolute Gasteiger partial charge is 0.239 e. The first-order chi connectivity index (χ1) is 8.08. The Morgan fingerprint density at radius 1 is 1.59 bits per heavy atom. The number of amidine groups is 1. The maximum Gasteiger partial charge on any atom is 0.239 e. The minimum absolute atomic E-state index is 0.147. The van der Waals surface area contributed by atoms with Gasteiger partial charge in [-0.3, -0.25) is 4.79 Å². The zero-order valence-corrected chi connectivity index (χ0v) is 10.9. The molecule has 0 aromatic rings. The Labute approximate surface area is 105 Å². The molecule has 2 rings (SSSR count). The van der Waals surface area contributed by atoms with Gasteiger partial charge in [-0.25, -0.2) is 0 Å². The van der Waals surface area contributed by atoms with Crippen LogP contribution < -0.4 is 5.73 Å². The second-order valence-electron chi connectivity index (χ2n) is 4.86. The molecule has 2 unspecified atom stereocenters. The number of carbonyl (C=O) groups is 1. The summed E-state index contributed by atoms with van der Waals surface area (Å²) >= 11 is 1.73. The first kappa shape index (κ1) is 12.5. The minimum atomic E-state index is -0.307. The third-order valence-corrected chi connectivity index (χ3v) is 5.15. The summed E-state index contributed by atoms with van der Waals surface area (Å²) in [7, 11) is 0. The fraction of sp³-hybridized carbons (Fsp3) is 0.818. The number of rotatable bonds is 2. The van der Waals surface area contributed by atoms with Crippen molar-refractivity contribution >= 4 is 23.5 Å². The van der Waals surface area contributed by atoms with Crippen LogP contribution in [0.25, 0.3) is 0 Å². The van der Waals surface area contributed by atoms with E-state index in [0.717, 1.165) is 38.0 Å². The van der Waals surface area contributed by atoms with E-state index >= 15 is 0 Å². The molecule has 0 spiro atoms. The Hall–Kier alpha value is -0.910. The molecule has 17 heavy (non-hydrogen) atoms. The molecule has 0 bridgehead atoms. The summed E-state index contributed by atoms with van der Waals surface area (Å²) in [5.74, 6) is 1.35. The molecule has 0 saturated carbocycles. The lowest BCUT2D eigenvalue weighted by Gasteiger charge is -2.31. The molecule has 2 heterocycles. The average molecular weight is 257 g/mol. The van der Waals surface area contributed by atoms with Crippen molar-refractivity contribution in [2.24, 2.45) is 10.9 Å². The average Bonchev–Trinajstić information content (AvgIpc) is 2.96. The molecular formula is C11H19N3O2S. The van der Waals surface area contributed by atoms with Crippen molar-refractivity contribution in [1.29, 1.82) is 0 Å². The Morgan fingerprint density at radius 3 is 2.94 bits per heavy atom. The van der Waals surface area contributed by atoms with E-state index in [1.807, 2.05) is 6.92 Å². The Balaban J connectivity index is 2.13. The van der Waals surface area contributed by atoms with Crippen LogP contribution in [0.5, 0.6) is 0 Å². The molecule has 5 nitrogen and oxygen atoms in total. The summed E-state index contributed by atoms with van der Waals surface area (Å²) in [6.07, 6.45) is 3.74. The lowest BCUT2D eigenvalue weighted by atomic mass is 10.0. The highest BCUT2D eigenvalue weighted by molar-refractivity contribution is 8.01. The van der Waals surface area contributed by atoms with Crippen LogP contribution in [0, 0.1) is 0 Å². The van der Waals surface area contributed by atoms with Crippen molar-refractivity contribution in [3.8, 4) is 0 Å². The van der Waals surface area contributed by atoms with Gasteiger partial charge in [0.2, 0.25) is 5.91 Å². The molecule has 2 fully saturated rings. The molecule has 96 valence electrons. The number of oxime groups is 1. The fourth-order valence-electron chi connectivity index (χ4n) is 2.64. The summed E-state index contributed by atoms with van der Waals surface area (Å²) in [6.45, 7) is 2.73. The van der Waals surface area contributed by atoms with E-state index in [0.29, 0.717) is 0 Å². The first-order valence-corrected chi connectivity index (χ1v) is 6.99. The zero-order valence-electron chi connectivity index (χ0n) is 10.1.